The van der Waals surface area contributed by atoms with Gasteiger partial charge in [-0.15, -0.1) is 6.04 Å². The minimum Gasteiger partial charge on any atom is -0.674 e. The maximum absolute atomic E-state index is 11.5. The molecule has 0 aromatic carbocycles. The molecule has 5 nitrogen and oxygen atoms in total. The minimum absolute atomic E-state index is 0. The second kappa shape index (κ2) is 5.49. The third-order valence-electron chi connectivity index (χ3n) is 3.41. The molecule has 1 N–H and O–H groups in total. The number of hydrogen-bond acceptors (Lipinski definition) is 4. The number of carbonyl (C=O) groups excluding carboxylic acids is 1. The summed E-state index contributed by atoms with van der Waals surface area (Å²) in [6, 6.07) is -0.308. The van der Waals surface area contributed by atoms with Gasteiger partial charge in [-0.05, 0) is 5.92 Å². The summed E-state index contributed by atoms with van der Waals surface area (Å²) in [7, 11) is 1.37. The van der Waals surface area contributed by atoms with E-state index in [4.69, 9.17) is 15.3 Å². The van der Waals surface area contributed by atoms with Crippen molar-refractivity contribution in [3.8, 4) is 0 Å². The molecule has 4 atom stereocenters. The number of methoxy groups -OCH3 is 1. The molecule has 1 aliphatic heterocycles. The van der Waals surface area contributed by atoms with Gasteiger partial charge >= 0.3 is 5.97 Å². The van der Waals surface area contributed by atoms with Crippen molar-refractivity contribution < 1.29 is 35.4 Å². The molecule has 1 fully saturated rings. The number of nitrogens with one attached hydrogen (secondary N) is 1. The van der Waals surface area contributed by atoms with E-state index in [9.17, 15) is 4.79 Å². The Morgan fingerprint density at radius 1 is 1.59 bits per heavy atom. The standard InChI is InChI=1S/C11H17N2O3.W/c1-5(2)9-8-7(12)4-6(11(14)15-3)10(8)16-13-9;/h5-8,10,12H,4H2,1-3H3;/q-1;. The number of carbonyl (C=O) groups is 1. The van der Waals surface area contributed by atoms with E-state index >= 15 is 0 Å². The van der Waals surface area contributed by atoms with Gasteiger partial charge in [-0.1, -0.05) is 25.4 Å². The second-order valence-electron chi connectivity index (χ2n) is 4.74. The van der Waals surface area contributed by atoms with Gasteiger partial charge < -0.3 is 15.3 Å². The van der Waals surface area contributed by atoms with Gasteiger partial charge in [0.15, 0.2) is 0 Å². The zero-order valence-corrected chi connectivity index (χ0v) is 13.1. The Labute approximate surface area is 115 Å². The molecule has 0 spiro atoms. The Kier molecular flexibility index (Phi) is 4.73. The maximum atomic E-state index is 11.5. The van der Waals surface area contributed by atoms with Crippen molar-refractivity contribution in [1.82, 2.24) is 0 Å². The Hall–Kier alpha value is -0.412. The molecule has 17 heavy (non-hydrogen) atoms. The van der Waals surface area contributed by atoms with Gasteiger partial charge in [0.2, 0.25) is 0 Å². The van der Waals surface area contributed by atoms with Crippen LogP contribution < -0.4 is 0 Å². The van der Waals surface area contributed by atoms with E-state index < -0.39 is 0 Å². The van der Waals surface area contributed by atoms with Crippen molar-refractivity contribution in [2.45, 2.75) is 32.4 Å². The van der Waals surface area contributed by atoms with Crippen LogP contribution in [0.25, 0.3) is 5.73 Å². The molecule has 1 saturated carbocycles. The van der Waals surface area contributed by atoms with E-state index in [1.54, 1.807) is 0 Å². The number of oxime groups is 1. The van der Waals surface area contributed by atoms with Crippen LogP contribution in [0.5, 0.6) is 0 Å². The zero-order valence-electron chi connectivity index (χ0n) is 10.2. The van der Waals surface area contributed by atoms with Crippen LogP contribution in [0.1, 0.15) is 20.3 Å². The average Bonchev–Trinajstić information content (AvgIpc) is 2.79. The van der Waals surface area contributed by atoms with Gasteiger partial charge in [-0.3, -0.25) is 4.79 Å². The molecule has 1 aliphatic carbocycles. The summed E-state index contributed by atoms with van der Waals surface area (Å²) in [5.41, 5.74) is 8.93. The van der Waals surface area contributed by atoms with Crippen LogP contribution in [0, 0.1) is 17.8 Å². The van der Waals surface area contributed by atoms with Crippen molar-refractivity contribution in [3.63, 3.8) is 0 Å². The Morgan fingerprint density at radius 2 is 2.24 bits per heavy atom. The van der Waals surface area contributed by atoms with Gasteiger partial charge in [0.25, 0.3) is 0 Å². The van der Waals surface area contributed by atoms with Crippen LogP contribution in [-0.4, -0.2) is 30.9 Å². The first kappa shape index (κ1) is 14.6. The smallest absolute Gasteiger partial charge is 0.312 e. The van der Waals surface area contributed by atoms with Crippen LogP contribution >= 0.6 is 0 Å². The first-order valence-corrected chi connectivity index (χ1v) is 5.58. The van der Waals surface area contributed by atoms with Crippen LogP contribution in [0.2, 0.25) is 0 Å². The van der Waals surface area contributed by atoms with Crippen molar-refractivity contribution >= 4 is 11.7 Å². The quantitative estimate of drug-likeness (QED) is 0.651. The number of esters is 1. The fourth-order valence-electron chi connectivity index (χ4n) is 2.60. The Morgan fingerprint density at radius 3 is 2.76 bits per heavy atom. The molecule has 96 valence electrons. The van der Waals surface area contributed by atoms with Crippen molar-refractivity contribution in [2.24, 2.45) is 22.9 Å². The summed E-state index contributed by atoms with van der Waals surface area (Å²) in [4.78, 5) is 16.9. The fraction of sp³-hybridized carbons (Fsp3) is 0.818. The molecule has 0 aromatic rings. The van der Waals surface area contributed by atoms with E-state index in [0.29, 0.717) is 6.42 Å². The SMILES string of the molecule is COC(=O)C1CC([NH-])C2C(C(C)C)=NOC12.[W]. The second-order valence-corrected chi connectivity index (χ2v) is 4.74. The molecule has 0 bridgehead atoms. The van der Waals surface area contributed by atoms with Crippen LogP contribution in [0.4, 0.5) is 0 Å². The molecule has 6 heteroatoms. The molecule has 0 amide bonds. The number of fused-ring (bicyclic) bond motifs is 1. The van der Waals surface area contributed by atoms with Gasteiger partial charge in [0.05, 0.1) is 18.7 Å². The molecule has 1 heterocycles. The molecule has 0 radical (unpaired) electrons. The molecule has 2 rings (SSSR count). The fourth-order valence-corrected chi connectivity index (χ4v) is 2.60. The van der Waals surface area contributed by atoms with Gasteiger partial charge in [-0.25, -0.2) is 0 Å². The molecule has 0 saturated heterocycles. The van der Waals surface area contributed by atoms with Crippen molar-refractivity contribution in [3.05, 3.63) is 5.73 Å². The molecular weight excluding hydrogens is 392 g/mol. The first-order valence-electron chi connectivity index (χ1n) is 5.58. The number of hydrogen-bond donors (Lipinski definition) is 0. The normalized spacial score (nSPS) is 34.8. The summed E-state index contributed by atoms with van der Waals surface area (Å²) < 4.78 is 4.73. The number of nitrogens with zero attached hydrogens (tertiary/aromatic N) is 1. The maximum Gasteiger partial charge on any atom is 0.312 e. The third kappa shape index (κ3) is 2.41. The number of ether oxygens (including phenoxy) is 1. The Bertz CT molecular complexity index is 333. The predicted molar refractivity (Wildman–Crippen MR) is 58.9 cm³/mol. The third-order valence-corrected chi connectivity index (χ3v) is 3.41. The molecule has 2 aliphatic rings. The monoisotopic (exact) mass is 409 g/mol. The molecular formula is C11H17N2O3W-. The van der Waals surface area contributed by atoms with Crippen molar-refractivity contribution in [2.75, 3.05) is 7.11 Å². The largest absolute Gasteiger partial charge is 0.674 e. The van der Waals surface area contributed by atoms with E-state index in [1.165, 1.54) is 7.11 Å². The summed E-state index contributed by atoms with van der Waals surface area (Å²) in [6.45, 7) is 4.06. The Balaban J connectivity index is 0.00000144. The number of rotatable bonds is 2. The average molecular weight is 409 g/mol. The minimum atomic E-state index is -0.336. The summed E-state index contributed by atoms with van der Waals surface area (Å²) in [6.07, 6.45) is 0.223. The van der Waals surface area contributed by atoms with Crippen LogP contribution in [0.15, 0.2) is 5.16 Å². The van der Waals surface area contributed by atoms with E-state index in [1.807, 2.05) is 13.8 Å². The van der Waals surface area contributed by atoms with Crippen LogP contribution in [0.3, 0.4) is 0 Å². The van der Waals surface area contributed by atoms with E-state index in [0.717, 1.165) is 5.71 Å². The summed E-state index contributed by atoms with van der Waals surface area (Å²) >= 11 is 0. The zero-order chi connectivity index (χ0) is 11.9. The topological polar surface area (TPSA) is 71.7 Å². The van der Waals surface area contributed by atoms with Crippen LogP contribution in [-0.2, 0) is 35.4 Å². The molecule has 0 aromatic heterocycles. The van der Waals surface area contributed by atoms with Crippen molar-refractivity contribution in [1.29, 1.82) is 0 Å². The summed E-state index contributed by atoms with van der Waals surface area (Å²) in [5, 5.41) is 4.03. The van der Waals surface area contributed by atoms with Gasteiger partial charge in [-0.2, -0.15) is 0 Å². The van der Waals surface area contributed by atoms with Gasteiger partial charge in [0.1, 0.15) is 6.10 Å². The van der Waals surface area contributed by atoms with Gasteiger partial charge in [0, 0.05) is 27.0 Å². The summed E-state index contributed by atoms with van der Waals surface area (Å²) in [5.74, 6) is -0.397. The predicted octanol–water partition coefficient (Wildman–Crippen LogP) is 1.62. The molecule has 4 unspecified atom stereocenters. The first-order chi connectivity index (χ1) is 7.56. The van der Waals surface area contributed by atoms with E-state index in [2.05, 4.69) is 5.16 Å². The van der Waals surface area contributed by atoms with E-state index in [-0.39, 0.29) is 56.9 Å².